The van der Waals surface area contributed by atoms with Crippen LogP contribution in [0.4, 0.5) is 4.39 Å². The lowest BCUT2D eigenvalue weighted by Crippen LogP contribution is -2.17. The number of nitrogens with one attached hydrogen (secondary N) is 1. The first-order chi connectivity index (χ1) is 8.59. The highest BCUT2D eigenvalue weighted by atomic mass is 35.5. The normalized spacial score (nSPS) is 11.2. The smallest absolute Gasteiger partial charge is 0.141 e. The molecule has 0 aliphatic carbocycles. The SMILES string of the molecule is CC(C)COCCCNCc1ccc(F)c(Cl)c1. The van der Waals surface area contributed by atoms with Crippen molar-refractivity contribution in [3.05, 3.63) is 34.6 Å². The van der Waals surface area contributed by atoms with Crippen molar-refractivity contribution in [2.24, 2.45) is 5.92 Å². The molecule has 0 bridgehead atoms. The standard InChI is InChI=1S/C14H21ClFNO/c1-11(2)10-18-7-3-6-17-9-12-4-5-14(16)13(15)8-12/h4-5,8,11,17H,3,6-7,9-10H2,1-2H3. The van der Waals surface area contributed by atoms with Gasteiger partial charge in [-0.3, -0.25) is 0 Å². The topological polar surface area (TPSA) is 21.3 Å². The van der Waals surface area contributed by atoms with Crippen LogP contribution in [0.1, 0.15) is 25.8 Å². The minimum atomic E-state index is -0.373. The molecule has 0 heterocycles. The van der Waals surface area contributed by atoms with Crippen LogP contribution in [0.5, 0.6) is 0 Å². The molecular formula is C14H21ClFNO. The number of benzene rings is 1. The number of halogens is 2. The van der Waals surface area contributed by atoms with E-state index in [1.54, 1.807) is 12.1 Å². The Morgan fingerprint density at radius 3 is 2.83 bits per heavy atom. The second kappa shape index (κ2) is 8.46. The summed E-state index contributed by atoms with van der Waals surface area (Å²) in [5, 5.41) is 3.45. The highest BCUT2D eigenvalue weighted by Gasteiger charge is 2.00. The van der Waals surface area contributed by atoms with Crippen molar-refractivity contribution in [1.29, 1.82) is 0 Å². The molecule has 0 saturated heterocycles. The predicted molar refractivity (Wildman–Crippen MR) is 73.4 cm³/mol. The summed E-state index contributed by atoms with van der Waals surface area (Å²) in [6.45, 7) is 7.44. The van der Waals surface area contributed by atoms with E-state index in [2.05, 4.69) is 19.2 Å². The van der Waals surface area contributed by atoms with Crippen molar-refractivity contribution in [2.45, 2.75) is 26.8 Å². The average molecular weight is 274 g/mol. The van der Waals surface area contributed by atoms with Crippen molar-refractivity contribution in [3.63, 3.8) is 0 Å². The highest BCUT2D eigenvalue weighted by molar-refractivity contribution is 6.30. The summed E-state index contributed by atoms with van der Waals surface area (Å²) in [5.74, 6) is 0.210. The summed E-state index contributed by atoms with van der Waals surface area (Å²) in [4.78, 5) is 0. The molecule has 0 amide bonds. The van der Waals surface area contributed by atoms with Gasteiger partial charge in [0.05, 0.1) is 5.02 Å². The summed E-state index contributed by atoms with van der Waals surface area (Å²) in [5.41, 5.74) is 0.990. The van der Waals surface area contributed by atoms with Crippen LogP contribution in [-0.2, 0) is 11.3 Å². The molecule has 0 unspecified atom stereocenters. The maximum absolute atomic E-state index is 12.9. The first-order valence-corrected chi connectivity index (χ1v) is 6.69. The van der Waals surface area contributed by atoms with Crippen LogP contribution >= 0.6 is 11.6 Å². The van der Waals surface area contributed by atoms with E-state index in [9.17, 15) is 4.39 Å². The average Bonchev–Trinajstić information content (AvgIpc) is 2.32. The lowest BCUT2D eigenvalue weighted by atomic mass is 10.2. The van der Waals surface area contributed by atoms with Crippen LogP contribution in [-0.4, -0.2) is 19.8 Å². The van der Waals surface area contributed by atoms with Gasteiger partial charge in [0.1, 0.15) is 5.82 Å². The Kier molecular flexibility index (Phi) is 7.25. The molecule has 0 spiro atoms. The number of rotatable bonds is 8. The minimum absolute atomic E-state index is 0.176. The zero-order chi connectivity index (χ0) is 13.4. The third-order valence-electron chi connectivity index (χ3n) is 2.41. The van der Waals surface area contributed by atoms with Crippen LogP contribution in [0.2, 0.25) is 5.02 Å². The van der Waals surface area contributed by atoms with Gasteiger partial charge < -0.3 is 10.1 Å². The fourth-order valence-electron chi connectivity index (χ4n) is 1.50. The Hall–Kier alpha value is -0.640. The van der Waals surface area contributed by atoms with Gasteiger partial charge in [-0.25, -0.2) is 4.39 Å². The second-order valence-electron chi connectivity index (χ2n) is 4.75. The third kappa shape index (κ3) is 6.34. The zero-order valence-electron chi connectivity index (χ0n) is 11.0. The highest BCUT2D eigenvalue weighted by Crippen LogP contribution is 2.15. The molecule has 0 radical (unpaired) electrons. The zero-order valence-corrected chi connectivity index (χ0v) is 11.8. The summed E-state index contributed by atoms with van der Waals surface area (Å²) in [7, 11) is 0. The molecule has 0 fully saturated rings. The summed E-state index contributed by atoms with van der Waals surface area (Å²) in [6, 6.07) is 4.79. The van der Waals surface area contributed by atoms with Gasteiger partial charge in [0.15, 0.2) is 0 Å². The minimum Gasteiger partial charge on any atom is -0.381 e. The van der Waals surface area contributed by atoms with E-state index in [4.69, 9.17) is 16.3 Å². The Balaban J connectivity index is 2.09. The van der Waals surface area contributed by atoms with E-state index in [0.717, 1.165) is 31.7 Å². The van der Waals surface area contributed by atoms with E-state index < -0.39 is 0 Å². The number of ether oxygens (including phenoxy) is 1. The van der Waals surface area contributed by atoms with Crippen molar-refractivity contribution in [1.82, 2.24) is 5.32 Å². The van der Waals surface area contributed by atoms with Crippen LogP contribution < -0.4 is 5.32 Å². The molecule has 0 aliphatic heterocycles. The Bertz CT molecular complexity index is 358. The molecule has 0 atom stereocenters. The summed E-state index contributed by atoms with van der Waals surface area (Å²) >= 11 is 5.70. The first-order valence-electron chi connectivity index (χ1n) is 6.32. The van der Waals surface area contributed by atoms with Crippen molar-refractivity contribution in [2.75, 3.05) is 19.8 Å². The van der Waals surface area contributed by atoms with E-state index in [1.807, 2.05) is 0 Å². The number of hydrogen-bond acceptors (Lipinski definition) is 2. The van der Waals surface area contributed by atoms with Gasteiger partial charge in [0, 0.05) is 19.8 Å². The Labute approximate surface area is 113 Å². The van der Waals surface area contributed by atoms with Gasteiger partial charge in [-0.05, 0) is 36.6 Å². The molecule has 102 valence electrons. The lowest BCUT2D eigenvalue weighted by Gasteiger charge is -2.08. The van der Waals surface area contributed by atoms with Gasteiger partial charge in [-0.1, -0.05) is 31.5 Å². The lowest BCUT2D eigenvalue weighted by molar-refractivity contribution is 0.108. The maximum Gasteiger partial charge on any atom is 0.141 e. The fraction of sp³-hybridized carbons (Fsp3) is 0.571. The van der Waals surface area contributed by atoms with Crippen LogP contribution in [0.3, 0.4) is 0 Å². The molecular weight excluding hydrogens is 253 g/mol. The molecule has 2 nitrogen and oxygen atoms in total. The van der Waals surface area contributed by atoms with Crippen LogP contribution in [0.15, 0.2) is 18.2 Å². The largest absolute Gasteiger partial charge is 0.381 e. The molecule has 1 rings (SSSR count). The third-order valence-corrected chi connectivity index (χ3v) is 2.70. The summed E-state index contributed by atoms with van der Waals surface area (Å²) in [6.07, 6.45) is 0.974. The van der Waals surface area contributed by atoms with Crippen molar-refractivity contribution in [3.8, 4) is 0 Å². The fourth-order valence-corrected chi connectivity index (χ4v) is 1.70. The van der Waals surface area contributed by atoms with Crippen molar-refractivity contribution < 1.29 is 9.13 Å². The van der Waals surface area contributed by atoms with Gasteiger partial charge in [-0.15, -0.1) is 0 Å². The molecule has 0 saturated carbocycles. The second-order valence-corrected chi connectivity index (χ2v) is 5.15. The van der Waals surface area contributed by atoms with Gasteiger partial charge in [0.25, 0.3) is 0 Å². The molecule has 1 N–H and O–H groups in total. The van der Waals surface area contributed by atoms with E-state index in [1.165, 1.54) is 6.07 Å². The Morgan fingerprint density at radius 2 is 2.17 bits per heavy atom. The van der Waals surface area contributed by atoms with E-state index in [0.29, 0.717) is 12.5 Å². The van der Waals surface area contributed by atoms with Crippen molar-refractivity contribution >= 4 is 11.6 Å². The van der Waals surface area contributed by atoms with Gasteiger partial charge in [-0.2, -0.15) is 0 Å². The molecule has 0 aliphatic rings. The van der Waals surface area contributed by atoms with Crippen LogP contribution in [0.25, 0.3) is 0 Å². The molecule has 4 heteroatoms. The van der Waals surface area contributed by atoms with E-state index in [-0.39, 0.29) is 10.8 Å². The molecule has 1 aromatic carbocycles. The van der Waals surface area contributed by atoms with Crippen LogP contribution in [0, 0.1) is 11.7 Å². The number of hydrogen-bond donors (Lipinski definition) is 1. The predicted octanol–water partition coefficient (Wildman–Crippen LogP) is 3.63. The monoisotopic (exact) mass is 273 g/mol. The molecule has 0 aromatic heterocycles. The van der Waals surface area contributed by atoms with E-state index >= 15 is 0 Å². The summed E-state index contributed by atoms with van der Waals surface area (Å²) < 4.78 is 18.4. The Morgan fingerprint density at radius 1 is 1.39 bits per heavy atom. The van der Waals surface area contributed by atoms with Gasteiger partial charge in [0.2, 0.25) is 0 Å². The first kappa shape index (κ1) is 15.4. The quantitative estimate of drug-likeness (QED) is 0.731. The molecule has 18 heavy (non-hydrogen) atoms. The maximum atomic E-state index is 12.9. The van der Waals surface area contributed by atoms with Gasteiger partial charge >= 0.3 is 0 Å². The molecule has 1 aromatic rings.